The maximum atomic E-state index is 11.3. The highest BCUT2D eigenvalue weighted by molar-refractivity contribution is 5.60. The van der Waals surface area contributed by atoms with Gasteiger partial charge in [-0.25, -0.2) is 4.79 Å². The van der Waals surface area contributed by atoms with Crippen LogP contribution in [-0.4, -0.2) is 26.0 Å². The Bertz CT molecular complexity index is 480. The van der Waals surface area contributed by atoms with Gasteiger partial charge >= 0.3 is 6.16 Å². The maximum absolute atomic E-state index is 11.3. The second kappa shape index (κ2) is 10.0. The summed E-state index contributed by atoms with van der Waals surface area (Å²) in [6.45, 7) is 9.46. The minimum Gasteiger partial charge on any atom is -0.432 e. The van der Waals surface area contributed by atoms with Crippen LogP contribution in [0.4, 0.5) is 4.79 Å². The van der Waals surface area contributed by atoms with Gasteiger partial charge in [0.2, 0.25) is 0 Å². The molecule has 0 fully saturated rings. The molecule has 0 radical (unpaired) electrons. The van der Waals surface area contributed by atoms with E-state index in [1.54, 1.807) is 0 Å². The summed E-state index contributed by atoms with van der Waals surface area (Å²) in [6, 6.07) is 8.43. The van der Waals surface area contributed by atoms with Crippen molar-refractivity contribution in [2.24, 2.45) is 0 Å². The van der Waals surface area contributed by atoms with Crippen molar-refractivity contribution >= 4 is 6.16 Å². The molecule has 0 saturated heterocycles. The van der Waals surface area contributed by atoms with Crippen molar-refractivity contribution in [1.82, 2.24) is 0 Å². The van der Waals surface area contributed by atoms with Crippen LogP contribution in [0.1, 0.15) is 50.7 Å². The highest BCUT2D eigenvalue weighted by Crippen LogP contribution is 2.22. The lowest BCUT2D eigenvalue weighted by molar-refractivity contribution is 0.0476. The Morgan fingerprint density at radius 3 is 2.59 bits per heavy atom. The summed E-state index contributed by atoms with van der Waals surface area (Å²) in [7, 11) is 0. The first-order valence-electron chi connectivity index (χ1n) is 7.72. The maximum Gasteiger partial charge on any atom is 0.513 e. The Balaban J connectivity index is 2.42. The molecule has 0 spiro atoms. The molecule has 22 heavy (non-hydrogen) atoms. The van der Waals surface area contributed by atoms with Crippen molar-refractivity contribution in [3.63, 3.8) is 0 Å². The molecule has 0 aliphatic heterocycles. The zero-order valence-electron chi connectivity index (χ0n) is 13.9. The highest BCUT2D eigenvalue weighted by Gasteiger charge is 2.06. The fourth-order valence-corrected chi connectivity index (χ4v) is 1.89. The number of hydrogen-bond acceptors (Lipinski definition) is 4. The van der Waals surface area contributed by atoms with Crippen molar-refractivity contribution in [2.45, 2.75) is 39.5 Å². The van der Waals surface area contributed by atoms with Gasteiger partial charge in [0.25, 0.3) is 0 Å². The SMILES string of the molecule is CCOCCOC(=O)OC=CC(C)c1cccc(C(C)C)c1. The van der Waals surface area contributed by atoms with E-state index in [9.17, 15) is 4.79 Å². The third-order valence-corrected chi connectivity index (χ3v) is 3.29. The fourth-order valence-electron chi connectivity index (χ4n) is 1.89. The Morgan fingerprint density at radius 1 is 1.18 bits per heavy atom. The van der Waals surface area contributed by atoms with Crippen molar-refractivity contribution in [2.75, 3.05) is 19.8 Å². The first-order chi connectivity index (χ1) is 10.5. The lowest BCUT2D eigenvalue weighted by Gasteiger charge is -2.11. The highest BCUT2D eigenvalue weighted by atomic mass is 16.7. The van der Waals surface area contributed by atoms with E-state index in [0.29, 0.717) is 19.1 Å². The molecule has 0 aromatic heterocycles. The van der Waals surface area contributed by atoms with Crippen LogP contribution in [-0.2, 0) is 14.2 Å². The van der Waals surface area contributed by atoms with E-state index in [-0.39, 0.29) is 12.5 Å². The summed E-state index contributed by atoms with van der Waals surface area (Å²) in [5, 5.41) is 0. The van der Waals surface area contributed by atoms with Gasteiger partial charge in [0.15, 0.2) is 0 Å². The van der Waals surface area contributed by atoms with Gasteiger partial charge in [-0.1, -0.05) is 45.0 Å². The average Bonchev–Trinajstić information content (AvgIpc) is 2.51. The number of carbonyl (C=O) groups excluding carboxylic acids is 1. The molecule has 0 aliphatic carbocycles. The molecule has 122 valence electrons. The number of ether oxygens (including phenoxy) is 3. The quantitative estimate of drug-likeness (QED) is 0.399. The summed E-state index contributed by atoms with van der Waals surface area (Å²) in [5.41, 5.74) is 2.49. The second-order valence-electron chi connectivity index (χ2n) is 5.36. The Morgan fingerprint density at radius 2 is 1.91 bits per heavy atom. The third-order valence-electron chi connectivity index (χ3n) is 3.29. The van der Waals surface area contributed by atoms with E-state index < -0.39 is 6.16 Å². The molecule has 0 saturated carbocycles. The predicted molar refractivity (Wildman–Crippen MR) is 87.0 cm³/mol. The van der Waals surface area contributed by atoms with Crippen LogP contribution < -0.4 is 0 Å². The normalized spacial score (nSPS) is 12.6. The number of carbonyl (C=O) groups is 1. The topological polar surface area (TPSA) is 44.8 Å². The van der Waals surface area contributed by atoms with E-state index in [0.717, 1.165) is 0 Å². The van der Waals surface area contributed by atoms with Crippen LogP contribution in [0, 0.1) is 0 Å². The molecule has 0 bridgehead atoms. The molecular formula is C18H26O4. The molecule has 4 heteroatoms. The summed E-state index contributed by atoms with van der Waals surface area (Å²) < 4.78 is 14.8. The van der Waals surface area contributed by atoms with Gasteiger partial charge in [-0.2, -0.15) is 0 Å². The molecule has 0 amide bonds. The molecule has 0 N–H and O–H groups in total. The van der Waals surface area contributed by atoms with Crippen LogP contribution in [0.15, 0.2) is 36.6 Å². The van der Waals surface area contributed by atoms with Crippen LogP contribution in [0.3, 0.4) is 0 Å². The van der Waals surface area contributed by atoms with Gasteiger partial charge < -0.3 is 14.2 Å². The van der Waals surface area contributed by atoms with Crippen molar-refractivity contribution < 1.29 is 19.0 Å². The van der Waals surface area contributed by atoms with Crippen LogP contribution in [0.5, 0.6) is 0 Å². The molecular weight excluding hydrogens is 280 g/mol. The zero-order chi connectivity index (χ0) is 16.4. The first kappa shape index (κ1) is 18.2. The number of rotatable bonds is 8. The second-order valence-corrected chi connectivity index (χ2v) is 5.36. The largest absolute Gasteiger partial charge is 0.513 e. The summed E-state index contributed by atoms with van der Waals surface area (Å²) in [5.74, 6) is 0.655. The van der Waals surface area contributed by atoms with Gasteiger partial charge in [0, 0.05) is 12.5 Å². The van der Waals surface area contributed by atoms with Gasteiger partial charge in [-0.05, 0) is 30.0 Å². The Hall–Kier alpha value is -1.81. The zero-order valence-corrected chi connectivity index (χ0v) is 13.9. The van der Waals surface area contributed by atoms with E-state index in [1.165, 1.54) is 17.4 Å². The monoisotopic (exact) mass is 306 g/mol. The summed E-state index contributed by atoms with van der Waals surface area (Å²) in [6.07, 6.45) is 2.51. The molecule has 1 aromatic rings. The van der Waals surface area contributed by atoms with Crippen molar-refractivity contribution in [3.8, 4) is 0 Å². The molecule has 1 unspecified atom stereocenters. The Labute approximate surface area is 133 Å². The minimum atomic E-state index is -0.709. The number of benzene rings is 1. The molecule has 4 nitrogen and oxygen atoms in total. The van der Waals surface area contributed by atoms with E-state index in [1.807, 2.05) is 13.0 Å². The van der Waals surface area contributed by atoms with Crippen molar-refractivity contribution in [3.05, 3.63) is 47.7 Å². The van der Waals surface area contributed by atoms with Gasteiger partial charge in [-0.15, -0.1) is 0 Å². The van der Waals surface area contributed by atoms with Gasteiger partial charge in [0.1, 0.15) is 6.61 Å². The van der Waals surface area contributed by atoms with Crippen LogP contribution >= 0.6 is 0 Å². The van der Waals surface area contributed by atoms with E-state index >= 15 is 0 Å². The average molecular weight is 306 g/mol. The minimum absolute atomic E-state index is 0.162. The number of allylic oxidation sites excluding steroid dienone is 1. The third kappa shape index (κ3) is 6.76. The first-order valence-corrected chi connectivity index (χ1v) is 7.72. The fraction of sp³-hybridized carbons (Fsp3) is 0.500. The van der Waals surface area contributed by atoms with Gasteiger partial charge in [0.05, 0.1) is 12.9 Å². The smallest absolute Gasteiger partial charge is 0.432 e. The molecule has 1 rings (SSSR count). The summed E-state index contributed by atoms with van der Waals surface area (Å²) >= 11 is 0. The summed E-state index contributed by atoms with van der Waals surface area (Å²) in [4.78, 5) is 11.3. The molecule has 1 atom stereocenters. The Kier molecular flexibility index (Phi) is 8.30. The van der Waals surface area contributed by atoms with Crippen LogP contribution in [0.25, 0.3) is 0 Å². The standard InChI is InChI=1S/C18H26O4/c1-5-20-11-12-22-18(19)21-10-9-15(4)17-8-6-7-16(13-17)14(2)3/h6-10,13-15H,5,11-12H2,1-4H3. The van der Waals surface area contributed by atoms with Crippen LogP contribution in [0.2, 0.25) is 0 Å². The molecule has 0 heterocycles. The molecule has 1 aromatic carbocycles. The number of hydrogen-bond donors (Lipinski definition) is 0. The lowest BCUT2D eigenvalue weighted by atomic mass is 9.95. The van der Waals surface area contributed by atoms with E-state index in [4.69, 9.17) is 14.2 Å². The molecule has 0 aliphatic rings. The predicted octanol–water partition coefficient (Wildman–Crippen LogP) is 4.62. The lowest BCUT2D eigenvalue weighted by Crippen LogP contribution is -2.10. The van der Waals surface area contributed by atoms with Gasteiger partial charge in [-0.3, -0.25) is 0 Å². The van der Waals surface area contributed by atoms with E-state index in [2.05, 4.69) is 45.0 Å². The van der Waals surface area contributed by atoms with Crippen molar-refractivity contribution in [1.29, 1.82) is 0 Å².